The van der Waals surface area contributed by atoms with Gasteiger partial charge in [-0.25, -0.2) is 17.5 Å². The SMILES string of the molecule is C[NH+](C)CC(C)(C)CNS(=O)(=O)c1cccc(F)c1. The molecule has 0 fully saturated rings. The van der Waals surface area contributed by atoms with Crippen molar-refractivity contribution in [1.29, 1.82) is 0 Å². The van der Waals surface area contributed by atoms with E-state index >= 15 is 0 Å². The van der Waals surface area contributed by atoms with Gasteiger partial charge in [-0.1, -0.05) is 19.9 Å². The van der Waals surface area contributed by atoms with Gasteiger partial charge in [-0.15, -0.1) is 0 Å². The highest BCUT2D eigenvalue weighted by Gasteiger charge is 2.25. The quantitative estimate of drug-likeness (QED) is 0.790. The lowest BCUT2D eigenvalue weighted by Gasteiger charge is -2.25. The third kappa shape index (κ3) is 5.26. The Kier molecular flexibility index (Phi) is 5.06. The summed E-state index contributed by atoms with van der Waals surface area (Å²) < 4.78 is 39.7. The van der Waals surface area contributed by atoms with Gasteiger partial charge < -0.3 is 4.90 Å². The zero-order valence-electron chi connectivity index (χ0n) is 11.8. The number of rotatable bonds is 6. The Balaban J connectivity index is 2.76. The van der Waals surface area contributed by atoms with E-state index in [2.05, 4.69) is 4.72 Å². The normalized spacial score (nSPS) is 12.9. The number of sulfonamides is 1. The number of benzene rings is 1. The highest BCUT2D eigenvalue weighted by molar-refractivity contribution is 7.89. The summed E-state index contributed by atoms with van der Waals surface area (Å²) in [6.07, 6.45) is 0. The van der Waals surface area contributed by atoms with Crippen molar-refractivity contribution in [3.05, 3.63) is 30.1 Å². The van der Waals surface area contributed by atoms with E-state index in [0.29, 0.717) is 6.54 Å². The summed E-state index contributed by atoms with van der Waals surface area (Å²) in [4.78, 5) is 1.20. The van der Waals surface area contributed by atoms with E-state index in [1.54, 1.807) is 0 Å². The maximum absolute atomic E-state index is 13.0. The van der Waals surface area contributed by atoms with Gasteiger partial charge >= 0.3 is 0 Å². The molecule has 4 nitrogen and oxygen atoms in total. The number of halogens is 1. The Bertz CT molecular complexity index is 527. The molecular formula is C13H22FN2O2S+. The molecule has 0 saturated carbocycles. The summed E-state index contributed by atoms with van der Waals surface area (Å²) in [6.45, 7) is 5.14. The largest absolute Gasteiger partial charge is 0.339 e. The Morgan fingerprint density at radius 1 is 1.32 bits per heavy atom. The predicted molar refractivity (Wildman–Crippen MR) is 73.0 cm³/mol. The fourth-order valence-corrected chi connectivity index (χ4v) is 3.30. The summed E-state index contributed by atoms with van der Waals surface area (Å²) in [5, 5.41) is 0. The molecule has 0 heterocycles. The maximum atomic E-state index is 13.0. The van der Waals surface area contributed by atoms with Crippen molar-refractivity contribution < 1.29 is 17.7 Å². The smallest absolute Gasteiger partial charge is 0.240 e. The van der Waals surface area contributed by atoms with Crippen molar-refractivity contribution in [2.75, 3.05) is 27.2 Å². The van der Waals surface area contributed by atoms with E-state index in [9.17, 15) is 12.8 Å². The van der Waals surface area contributed by atoms with Gasteiger partial charge in [-0.2, -0.15) is 0 Å². The molecule has 1 aromatic rings. The highest BCUT2D eigenvalue weighted by atomic mass is 32.2. The topological polar surface area (TPSA) is 50.6 Å². The van der Waals surface area contributed by atoms with E-state index in [0.717, 1.165) is 12.6 Å². The van der Waals surface area contributed by atoms with Crippen molar-refractivity contribution in [2.45, 2.75) is 18.7 Å². The summed E-state index contributed by atoms with van der Waals surface area (Å²) in [5.41, 5.74) is -0.167. The third-order valence-corrected chi connectivity index (χ3v) is 4.08. The van der Waals surface area contributed by atoms with E-state index in [4.69, 9.17) is 0 Å². The zero-order valence-corrected chi connectivity index (χ0v) is 12.6. The van der Waals surface area contributed by atoms with Crippen LogP contribution in [0, 0.1) is 11.2 Å². The molecule has 0 spiro atoms. The molecule has 2 N–H and O–H groups in total. The van der Waals surface area contributed by atoms with Crippen LogP contribution in [-0.4, -0.2) is 35.6 Å². The monoisotopic (exact) mass is 289 g/mol. The molecular weight excluding hydrogens is 267 g/mol. The van der Waals surface area contributed by atoms with E-state index in [1.807, 2.05) is 27.9 Å². The van der Waals surface area contributed by atoms with Gasteiger partial charge in [0.25, 0.3) is 0 Å². The van der Waals surface area contributed by atoms with Crippen LogP contribution in [0.1, 0.15) is 13.8 Å². The standard InChI is InChI=1S/C13H21FN2O2S/c1-13(2,10-16(3)4)9-15-19(17,18)12-7-5-6-11(14)8-12/h5-8,15H,9-10H2,1-4H3/p+1. The summed E-state index contributed by atoms with van der Waals surface area (Å²) >= 11 is 0. The zero-order chi connectivity index (χ0) is 14.7. The number of hydrogen-bond donors (Lipinski definition) is 2. The molecule has 0 amide bonds. The minimum atomic E-state index is -3.65. The predicted octanol–water partition coefficient (Wildman–Crippen LogP) is 0.275. The Morgan fingerprint density at radius 2 is 1.95 bits per heavy atom. The summed E-state index contributed by atoms with van der Waals surface area (Å²) in [5.74, 6) is -0.556. The van der Waals surface area contributed by atoms with Gasteiger partial charge in [0.1, 0.15) is 5.82 Å². The number of hydrogen-bond acceptors (Lipinski definition) is 2. The van der Waals surface area contributed by atoms with Crippen LogP contribution in [0.3, 0.4) is 0 Å². The van der Waals surface area contributed by atoms with E-state index < -0.39 is 15.8 Å². The highest BCUT2D eigenvalue weighted by Crippen LogP contribution is 2.14. The van der Waals surface area contributed by atoms with E-state index in [1.165, 1.54) is 23.1 Å². The van der Waals surface area contributed by atoms with Crippen LogP contribution < -0.4 is 9.62 Å². The fraction of sp³-hybridized carbons (Fsp3) is 0.538. The first-order chi connectivity index (χ1) is 8.62. The molecule has 0 bridgehead atoms. The van der Waals surface area contributed by atoms with Crippen molar-refractivity contribution >= 4 is 10.0 Å². The maximum Gasteiger partial charge on any atom is 0.240 e. The fourth-order valence-electron chi connectivity index (χ4n) is 2.03. The molecule has 0 aliphatic rings. The van der Waals surface area contributed by atoms with Crippen molar-refractivity contribution in [3.8, 4) is 0 Å². The first-order valence-corrected chi connectivity index (χ1v) is 7.65. The molecule has 108 valence electrons. The van der Waals surface area contributed by atoms with Crippen LogP contribution in [0.25, 0.3) is 0 Å². The molecule has 0 saturated heterocycles. The molecule has 0 unspecified atom stereocenters. The molecule has 0 aliphatic carbocycles. The molecule has 1 aromatic carbocycles. The van der Waals surface area contributed by atoms with Crippen LogP contribution in [0.2, 0.25) is 0 Å². The Hall–Kier alpha value is -0.980. The Labute approximate surface area is 114 Å². The van der Waals surface area contributed by atoms with Gasteiger partial charge in [0.2, 0.25) is 10.0 Å². The average Bonchev–Trinajstić information content (AvgIpc) is 2.25. The molecule has 0 aliphatic heterocycles. The average molecular weight is 289 g/mol. The van der Waals surface area contributed by atoms with Crippen molar-refractivity contribution in [2.24, 2.45) is 5.41 Å². The summed E-state index contributed by atoms with van der Waals surface area (Å²) in [7, 11) is 0.382. The second-order valence-corrected chi connectivity index (χ2v) is 7.60. The molecule has 0 radical (unpaired) electrons. The van der Waals surface area contributed by atoms with Gasteiger partial charge in [0.15, 0.2) is 0 Å². The van der Waals surface area contributed by atoms with Crippen molar-refractivity contribution in [1.82, 2.24) is 4.72 Å². The van der Waals surface area contributed by atoms with Gasteiger partial charge in [-0.3, -0.25) is 0 Å². The van der Waals surface area contributed by atoms with Crippen LogP contribution in [-0.2, 0) is 10.0 Å². The molecule has 1 rings (SSSR count). The third-order valence-electron chi connectivity index (χ3n) is 2.68. The first-order valence-electron chi connectivity index (χ1n) is 6.17. The minimum absolute atomic E-state index is 0.0412. The van der Waals surface area contributed by atoms with Crippen LogP contribution >= 0.6 is 0 Å². The van der Waals surface area contributed by atoms with Crippen molar-refractivity contribution in [3.63, 3.8) is 0 Å². The lowest BCUT2D eigenvalue weighted by atomic mass is 9.93. The molecule has 19 heavy (non-hydrogen) atoms. The van der Waals surface area contributed by atoms with E-state index in [-0.39, 0.29) is 10.3 Å². The number of quaternary nitrogens is 1. The lowest BCUT2D eigenvalue weighted by molar-refractivity contribution is -0.865. The number of nitrogens with one attached hydrogen (secondary N) is 2. The molecule has 0 aromatic heterocycles. The van der Waals surface area contributed by atoms with Gasteiger partial charge in [-0.05, 0) is 18.2 Å². The first kappa shape index (κ1) is 16.1. The lowest BCUT2D eigenvalue weighted by Crippen LogP contribution is -3.07. The minimum Gasteiger partial charge on any atom is -0.339 e. The van der Waals surface area contributed by atoms with Crippen LogP contribution in [0.5, 0.6) is 0 Å². The second kappa shape index (κ2) is 5.98. The Morgan fingerprint density at radius 3 is 2.47 bits per heavy atom. The second-order valence-electron chi connectivity index (χ2n) is 5.83. The summed E-state index contributed by atoms with van der Waals surface area (Å²) in [6, 6.07) is 5.01. The molecule has 0 atom stereocenters. The van der Waals surface area contributed by atoms with Crippen LogP contribution in [0.15, 0.2) is 29.2 Å². The molecule has 6 heteroatoms. The van der Waals surface area contributed by atoms with Gasteiger partial charge in [0.05, 0.1) is 25.5 Å². The van der Waals surface area contributed by atoms with Gasteiger partial charge in [0, 0.05) is 12.0 Å². The van der Waals surface area contributed by atoms with Crippen LogP contribution in [0.4, 0.5) is 4.39 Å².